The highest BCUT2D eigenvalue weighted by molar-refractivity contribution is 6.04. The van der Waals surface area contributed by atoms with Gasteiger partial charge in [0.05, 0.1) is 12.3 Å². The van der Waals surface area contributed by atoms with Gasteiger partial charge in [-0.1, -0.05) is 32.0 Å². The molecular weight excluding hydrogens is 410 g/mol. The van der Waals surface area contributed by atoms with Gasteiger partial charge in [0.25, 0.3) is 0 Å². The standard InChI is InChI=1S/C24H27N3O5/c1-14(2)13-31-22(29)18-10-11-25-21(26-18)16-7-6-15-8-9-19(28)20(17(15)12-16)27-23(30)32-24(3,4)5/h6-12,14,28H,13H2,1-5H3,(H,27,30). The first-order valence-corrected chi connectivity index (χ1v) is 10.3. The molecule has 1 aromatic heterocycles. The van der Waals surface area contributed by atoms with Crippen LogP contribution in [0.3, 0.4) is 0 Å². The highest BCUT2D eigenvalue weighted by Crippen LogP contribution is 2.35. The number of aromatic nitrogens is 2. The summed E-state index contributed by atoms with van der Waals surface area (Å²) in [4.78, 5) is 33.2. The average Bonchev–Trinajstić information content (AvgIpc) is 2.72. The summed E-state index contributed by atoms with van der Waals surface area (Å²) in [7, 11) is 0. The normalized spacial score (nSPS) is 11.4. The molecule has 0 atom stereocenters. The van der Waals surface area contributed by atoms with Crippen LogP contribution in [0, 0.1) is 5.92 Å². The van der Waals surface area contributed by atoms with Gasteiger partial charge in [-0.2, -0.15) is 0 Å². The van der Waals surface area contributed by atoms with E-state index in [2.05, 4.69) is 15.3 Å². The number of nitrogens with zero attached hydrogens (tertiary/aromatic N) is 2. The maximum atomic E-state index is 12.3. The molecule has 0 aliphatic rings. The van der Waals surface area contributed by atoms with E-state index in [-0.39, 0.29) is 23.0 Å². The summed E-state index contributed by atoms with van der Waals surface area (Å²) in [5.41, 5.74) is 0.284. The van der Waals surface area contributed by atoms with Crippen LogP contribution >= 0.6 is 0 Å². The molecule has 168 valence electrons. The molecule has 0 fully saturated rings. The third kappa shape index (κ3) is 5.72. The van der Waals surface area contributed by atoms with E-state index in [0.29, 0.717) is 23.4 Å². The number of phenolic OH excluding ortho intramolecular Hbond substituents is 1. The van der Waals surface area contributed by atoms with Gasteiger partial charge in [0.1, 0.15) is 11.4 Å². The van der Waals surface area contributed by atoms with Crippen molar-refractivity contribution >= 4 is 28.5 Å². The number of rotatable bonds is 5. The molecule has 0 aliphatic carbocycles. The Labute approximate surface area is 186 Å². The van der Waals surface area contributed by atoms with Crippen LogP contribution in [0.15, 0.2) is 42.6 Å². The Morgan fingerprint density at radius 2 is 1.84 bits per heavy atom. The van der Waals surface area contributed by atoms with Gasteiger partial charge < -0.3 is 14.6 Å². The molecule has 1 amide bonds. The van der Waals surface area contributed by atoms with E-state index in [4.69, 9.17) is 9.47 Å². The Morgan fingerprint density at radius 3 is 2.53 bits per heavy atom. The zero-order chi connectivity index (χ0) is 23.5. The van der Waals surface area contributed by atoms with Gasteiger partial charge in [0, 0.05) is 17.1 Å². The van der Waals surface area contributed by atoms with Crippen LogP contribution in [0.25, 0.3) is 22.2 Å². The van der Waals surface area contributed by atoms with Gasteiger partial charge in [-0.25, -0.2) is 19.6 Å². The second-order valence-electron chi connectivity index (χ2n) is 8.78. The van der Waals surface area contributed by atoms with Crippen molar-refractivity contribution in [2.75, 3.05) is 11.9 Å². The number of carbonyl (C=O) groups excluding carboxylic acids is 2. The third-order valence-corrected chi connectivity index (χ3v) is 4.30. The van der Waals surface area contributed by atoms with Crippen LogP contribution in [0.1, 0.15) is 45.1 Å². The Balaban J connectivity index is 1.96. The molecule has 0 bridgehead atoms. The minimum atomic E-state index is -0.687. The Kier molecular flexibility index (Phi) is 6.62. The fraction of sp³-hybridized carbons (Fsp3) is 0.333. The molecule has 1 heterocycles. The van der Waals surface area contributed by atoms with Crippen molar-refractivity contribution in [1.29, 1.82) is 0 Å². The van der Waals surface area contributed by atoms with Gasteiger partial charge in [0.2, 0.25) is 0 Å². The smallest absolute Gasteiger partial charge is 0.412 e. The maximum Gasteiger partial charge on any atom is 0.412 e. The lowest BCUT2D eigenvalue weighted by atomic mass is 10.0. The number of benzene rings is 2. The summed E-state index contributed by atoms with van der Waals surface area (Å²) in [6.07, 6.45) is 0.803. The predicted octanol–water partition coefficient (Wildman–Crippen LogP) is 5.16. The molecule has 0 unspecified atom stereocenters. The van der Waals surface area contributed by atoms with Gasteiger partial charge in [-0.3, -0.25) is 5.32 Å². The first-order chi connectivity index (χ1) is 15.0. The van der Waals surface area contributed by atoms with Gasteiger partial charge in [-0.05, 0) is 50.3 Å². The molecule has 3 rings (SSSR count). The quantitative estimate of drug-likeness (QED) is 0.419. The molecule has 32 heavy (non-hydrogen) atoms. The number of ether oxygens (including phenoxy) is 2. The molecule has 2 aromatic carbocycles. The average molecular weight is 437 g/mol. The molecule has 8 nitrogen and oxygen atoms in total. The molecular formula is C24H27N3O5. The number of aromatic hydroxyl groups is 1. The van der Waals surface area contributed by atoms with Crippen LogP contribution in [0.4, 0.5) is 10.5 Å². The van der Waals surface area contributed by atoms with Crippen molar-refractivity contribution in [2.45, 2.75) is 40.2 Å². The summed E-state index contributed by atoms with van der Waals surface area (Å²) in [5, 5.41) is 14.4. The molecule has 0 saturated heterocycles. The number of amides is 1. The first kappa shape index (κ1) is 23.0. The van der Waals surface area contributed by atoms with E-state index in [0.717, 1.165) is 5.39 Å². The van der Waals surface area contributed by atoms with Crippen molar-refractivity contribution in [3.05, 3.63) is 48.3 Å². The molecule has 2 N–H and O–H groups in total. The van der Waals surface area contributed by atoms with E-state index in [1.807, 2.05) is 19.9 Å². The Bertz CT molecular complexity index is 1150. The molecule has 3 aromatic rings. The minimum absolute atomic E-state index is 0.104. The Morgan fingerprint density at radius 1 is 1.12 bits per heavy atom. The first-order valence-electron chi connectivity index (χ1n) is 10.3. The molecule has 8 heteroatoms. The monoisotopic (exact) mass is 437 g/mol. The van der Waals surface area contributed by atoms with Crippen molar-refractivity contribution in [1.82, 2.24) is 9.97 Å². The van der Waals surface area contributed by atoms with Crippen LogP contribution in [-0.4, -0.2) is 39.3 Å². The number of phenols is 1. The number of hydrogen-bond donors (Lipinski definition) is 2. The van der Waals surface area contributed by atoms with Crippen molar-refractivity contribution < 1.29 is 24.2 Å². The van der Waals surface area contributed by atoms with Crippen LogP contribution in [-0.2, 0) is 9.47 Å². The van der Waals surface area contributed by atoms with Gasteiger partial charge >= 0.3 is 12.1 Å². The second kappa shape index (κ2) is 9.21. The van der Waals surface area contributed by atoms with Crippen LogP contribution in [0.2, 0.25) is 0 Å². The highest BCUT2D eigenvalue weighted by atomic mass is 16.6. The fourth-order valence-corrected chi connectivity index (χ4v) is 2.91. The lowest BCUT2D eigenvalue weighted by Crippen LogP contribution is -2.27. The topological polar surface area (TPSA) is 111 Å². The lowest BCUT2D eigenvalue weighted by Gasteiger charge is -2.20. The fourth-order valence-electron chi connectivity index (χ4n) is 2.91. The SMILES string of the molecule is CC(C)COC(=O)c1ccnc(-c2ccc3ccc(O)c(NC(=O)OC(C)(C)C)c3c2)n1. The molecule has 0 aliphatic heterocycles. The van der Waals surface area contributed by atoms with Gasteiger partial charge in [0.15, 0.2) is 11.5 Å². The van der Waals surface area contributed by atoms with Crippen LogP contribution in [0.5, 0.6) is 5.75 Å². The molecule has 0 radical (unpaired) electrons. The molecule has 0 spiro atoms. The van der Waals surface area contributed by atoms with Crippen molar-refractivity contribution in [3.63, 3.8) is 0 Å². The largest absolute Gasteiger partial charge is 0.506 e. The third-order valence-electron chi connectivity index (χ3n) is 4.30. The van der Waals surface area contributed by atoms with Crippen molar-refractivity contribution in [2.24, 2.45) is 5.92 Å². The zero-order valence-corrected chi connectivity index (χ0v) is 18.8. The zero-order valence-electron chi connectivity index (χ0n) is 18.8. The summed E-state index contributed by atoms with van der Waals surface area (Å²) in [5.74, 6) is -0.0951. The minimum Gasteiger partial charge on any atom is -0.506 e. The summed E-state index contributed by atoms with van der Waals surface area (Å²) >= 11 is 0. The number of fused-ring (bicyclic) bond motifs is 1. The number of carbonyl (C=O) groups is 2. The lowest BCUT2D eigenvalue weighted by molar-refractivity contribution is 0.0451. The van der Waals surface area contributed by atoms with Gasteiger partial charge in [-0.15, -0.1) is 0 Å². The van der Waals surface area contributed by atoms with Crippen LogP contribution < -0.4 is 5.32 Å². The number of hydrogen-bond acceptors (Lipinski definition) is 7. The number of esters is 1. The van der Waals surface area contributed by atoms with E-state index in [9.17, 15) is 14.7 Å². The predicted molar refractivity (Wildman–Crippen MR) is 122 cm³/mol. The number of nitrogens with one attached hydrogen (secondary N) is 1. The second-order valence-corrected chi connectivity index (χ2v) is 8.78. The van der Waals surface area contributed by atoms with E-state index in [1.54, 1.807) is 39.0 Å². The van der Waals surface area contributed by atoms with E-state index < -0.39 is 17.7 Å². The number of anilines is 1. The summed E-state index contributed by atoms with van der Waals surface area (Å²) in [6.45, 7) is 9.46. The highest BCUT2D eigenvalue weighted by Gasteiger charge is 2.19. The maximum absolute atomic E-state index is 12.3. The van der Waals surface area contributed by atoms with E-state index >= 15 is 0 Å². The summed E-state index contributed by atoms with van der Waals surface area (Å²) in [6, 6.07) is 10.1. The summed E-state index contributed by atoms with van der Waals surface area (Å²) < 4.78 is 10.6. The van der Waals surface area contributed by atoms with Crippen molar-refractivity contribution in [3.8, 4) is 17.1 Å². The Hall–Kier alpha value is -3.68. The van der Waals surface area contributed by atoms with E-state index in [1.165, 1.54) is 18.3 Å². The molecule has 0 saturated carbocycles.